The zero-order valence-corrected chi connectivity index (χ0v) is 19.5. The molecular formula is C24H23N7O2S. The first-order valence-electron chi connectivity index (χ1n) is 10.9. The highest BCUT2D eigenvalue weighted by Gasteiger charge is 2.45. The Bertz CT molecular complexity index is 1330. The number of likely N-dealkylation sites (N-methyl/N-ethyl adjacent to an activating group) is 1. The molecule has 0 aliphatic carbocycles. The van der Waals surface area contributed by atoms with Gasteiger partial charge in [-0.1, -0.05) is 18.2 Å². The maximum atomic E-state index is 12.5. The molecule has 4 heterocycles. The molecule has 4 aromatic rings. The minimum absolute atomic E-state index is 0.159. The van der Waals surface area contributed by atoms with Crippen LogP contribution in [-0.4, -0.2) is 54.4 Å². The van der Waals surface area contributed by atoms with Gasteiger partial charge >= 0.3 is 0 Å². The van der Waals surface area contributed by atoms with E-state index in [-0.39, 0.29) is 11.9 Å². The third-order valence-electron chi connectivity index (χ3n) is 5.84. The zero-order chi connectivity index (χ0) is 23.7. The Balaban J connectivity index is 1.38. The van der Waals surface area contributed by atoms with Crippen LogP contribution >= 0.6 is 11.3 Å². The fourth-order valence-electron chi connectivity index (χ4n) is 3.92. The molecule has 1 aliphatic heterocycles. The van der Waals surface area contributed by atoms with E-state index in [9.17, 15) is 9.90 Å². The number of anilines is 1. The fraction of sp³-hybridized carbons (Fsp3) is 0.250. The Morgan fingerprint density at radius 1 is 1.09 bits per heavy atom. The van der Waals surface area contributed by atoms with Crippen molar-refractivity contribution in [1.82, 2.24) is 29.8 Å². The molecule has 0 radical (unpaired) electrons. The molecule has 1 amide bonds. The van der Waals surface area contributed by atoms with Gasteiger partial charge in [0.05, 0.1) is 11.7 Å². The van der Waals surface area contributed by atoms with Gasteiger partial charge in [0.25, 0.3) is 5.91 Å². The fourth-order valence-corrected chi connectivity index (χ4v) is 4.73. The number of carbonyl (C=O) groups excluding carboxylic acids is 1. The first kappa shape index (κ1) is 22.1. The van der Waals surface area contributed by atoms with Gasteiger partial charge in [-0.3, -0.25) is 4.79 Å². The van der Waals surface area contributed by atoms with E-state index in [0.717, 1.165) is 16.3 Å². The van der Waals surface area contributed by atoms with Crippen LogP contribution in [0.1, 0.15) is 30.8 Å². The Hall–Kier alpha value is -3.76. The molecule has 34 heavy (non-hydrogen) atoms. The molecule has 1 saturated heterocycles. The summed E-state index contributed by atoms with van der Waals surface area (Å²) in [5.41, 5.74) is 1.34. The average molecular weight is 474 g/mol. The number of amides is 1. The number of aliphatic hydroxyl groups is 1. The summed E-state index contributed by atoms with van der Waals surface area (Å²) in [4.78, 5) is 36.2. The maximum absolute atomic E-state index is 12.5. The first-order chi connectivity index (χ1) is 16.4. The lowest BCUT2D eigenvalue weighted by Crippen LogP contribution is -2.36. The second kappa shape index (κ2) is 8.88. The van der Waals surface area contributed by atoms with Crippen molar-refractivity contribution in [2.45, 2.75) is 25.0 Å². The lowest BCUT2D eigenvalue weighted by Gasteiger charge is -2.21. The smallest absolute Gasteiger partial charge is 0.258 e. The van der Waals surface area contributed by atoms with Crippen LogP contribution in [0, 0.1) is 0 Å². The standard InChI is InChI=1S/C24H23N7O2S/c1-15(20-25-9-4-10-26-20)28-23-27-11-7-18(30-23)19-14-34-21(29-19)16-5-3-6-17(13-16)24(33)8-12-31(2)22(24)32/h3-7,9-11,13-15,33H,8,12H2,1-2H3,(H,27,28,30). The van der Waals surface area contributed by atoms with Crippen LogP contribution in [0.25, 0.3) is 22.0 Å². The van der Waals surface area contributed by atoms with Gasteiger partial charge in [-0.2, -0.15) is 0 Å². The monoisotopic (exact) mass is 473 g/mol. The van der Waals surface area contributed by atoms with Gasteiger partial charge < -0.3 is 15.3 Å². The molecule has 1 aromatic carbocycles. The number of nitrogens with zero attached hydrogens (tertiary/aromatic N) is 6. The summed E-state index contributed by atoms with van der Waals surface area (Å²) in [6.45, 7) is 2.47. The molecule has 9 nitrogen and oxygen atoms in total. The molecule has 2 unspecified atom stereocenters. The van der Waals surface area contributed by atoms with Gasteiger partial charge in [-0.05, 0) is 30.7 Å². The average Bonchev–Trinajstić information content (AvgIpc) is 3.47. The minimum Gasteiger partial charge on any atom is -0.375 e. The molecule has 10 heteroatoms. The molecule has 0 saturated carbocycles. The normalized spacial score (nSPS) is 18.8. The summed E-state index contributed by atoms with van der Waals surface area (Å²) < 4.78 is 0. The molecule has 5 rings (SSSR count). The molecule has 2 atom stereocenters. The second-order valence-electron chi connectivity index (χ2n) is 8.19. The highest BCUT2D eigenvalue weighted by molar-refractivity contribution is 7.13. The van der Waals surface area contributed by atoms with E-state index >= 15 is 0 Å². The largest absolute Gasteiger partial charge is 0.375 e. The van der Waals surface area contributed by atoms with Crippen molar-refractivity contribution in [3.8, 4) is 22.0 Å². The Morgan fingerprint density at radius 3 is 2.68 bits per heavy atom. The topological polar surface area (TPSA) is 117 Å². The highest BCUT2D eigenvalue weighted by Crippen LogP contribution is 2.36. The van der Waals surface area contributed by atoms with Crippen LogP contribution in [0.5, 0.6) is 0 Å². The molecule has 1 aliphatic rings. The van der Waals surface area contributed by atoms with Crippen LogP contribution in [0.15, 0.2) is 60.4 Å². The van der Waals surface area contributed by atoms with Gasteiger partial charge in [-0.25, -0.2) is 24.9 Å². The highest BCUT2D eigenvalue weighted by atomic mass is 32.1. The first-order valence-corrected chi connectivity index (χ1v) is 11.7. The number of hydrogen-bond donors (Lipinski definition) is 2. The quantitative estimate of drug-likeness (QED) is 0.438. The molecule has 2 N–H and O–H groups in total. The molecule has 1 fully saturated rings. The number of likely N-dealkylation sites (tertiary alicyclic amines) is 1. The molecule has 0 bridgehead atoms. The van der Waals surface area contributed by atoms with Crippen LogP contribution in [-0.2, 0) is 10.4 Å². The number of benzene rings is 1. The third kappa shape index (κ3) is 4.13. The number of rotatable bonds is 6. The van der Waals surface area contributed by atoms with Crippen molar-refractivity contribution in [3.05, 3.63) is 71.8 Å². The third-order valence-corrected chi connectivity index (χ3v) is 6.73. The van der Waals surface area contributed by atoms with E-state index in [1.807, 2.05) is 30.5 Å². The van der Waals surface area contributed by atoms with Gasteiger partial charge in [0.2, 0.25) is 5.95 Å². The van der Waals surface area contributed by atoms with Crippen molar-refractivity contribution in [2.24, 2.45) is 0 Å². The maximum Gasteiger partial charge on any atom is 0.258 e. The summed E-state index contributed by atoms with van der Waals surface area (Å²) in [6, 6.07) is 10.8. The zero-order valence-electron chi connectivity index (χ0n) is 18.7. The number of carbonyl (C=O) groups is 1. The van der Waals surface area contributed by atoms with Crippen molar-refractivity contribution in [1.29, 1.82) is 0 Å². The Labute approximate surface area is 200 Å². The SMILES string of the molecule is CC(Nc1nccc(-c2csc(-c3cccc(C4(O)CCN(C)C4=O)c3)n2)n1)c1ncccn1. The lowest BCUT2D eigenvalue weighted by molar-refractivity contribution is -0.143. The van der Waals surface area contributed by atoms with Crippen molar-refractivity contribution in [2.75, 3.05) is 18.9 Å². The van der Waals surface area contributed by atoms with E-state index in [4.69, 9.17) is 4.98 Å². The van der Waals surface area contributed by atoms with Crippen LogP contribution in [0.2, 0.25) is 0 Å². The molecule has 172 valence electrons. The second-order valence-corrected chi connectivity index (χ2v) is 9.05. The van der Waals surface area contributed by atoms with Crippen LogP contribution < -0.4 is 5.32 Å². The molecule has 0 spiro atoms. The van der Waals surface area contributed by atoms with Crippen molar-refractivity contribution < 1.29 is 9.90 Å². The number of thiazole rings is 1. The number of nitrogens with one attached hydrogen (secondary N) is 1. The van der Waals surface area contributed by atoms with E-state index in [2.05, 4.69) is 25.3 Å². The number of hydrogen-bond acceptors (Lipinski definition) is 9. The van der Waals surface area contributed by atoms with E-state index < -0.39 is 5.60 Å². The summed E-state index contributed by atoms with van der Waals surface area (Å²) >= 11 is 1.48. The summed E-state index contributed by atoms with van der Waals surface area (Å²) in [5, 5.41) is 16.9. The summed E-state index contributed by atoms with van der Waals surface area (Å²) in [6.07, 6.45) is 5.45. The van der Waals surface area contributed by atoms with Gasteiger partial charge in [0.15, 0.2) is 5.60 Å². The Morgan fingerprint density at radius 2 is 1.91 bits per heavy atom. The van der Waals surface area contributed by atoms with E-state index in [1.165, 1.54) is 11.3 Å². The van der Waals surface area contributed by atoms with Crippen molar-refractivity contribution >= 4 is 23.2 Å². The van der Waals surface area contributed by atoms with Crippen molar-refractivity contribution in [3.63, 3.8) is 0 Å². The van der Waals surface area contributed by atoms with Gasteiger partial charge in [-0.15, -0.1) is 11.3 Å². The Kier molecular flexibility index (Phi) is 5.76. The van der Waals surface area contributed by atoms with Crippen LogP contribution in [0.4, 0.5) is 5.95 Å². The lowest BCUT2D eigenvalue weighted by atomic mass is 9.91. The summed E-state index contributed by atoms with van der Waals surface area (Å²) in [7, 11) is 1.70. The molecular weight excluding hydrogens is 450 g/mol. The summed E-state index contributed by atoms with van der Waals surface area (Å²) in [5.74, 6) is 0.835. The molecule has 3 aromatic heterocycles. The van der Waals surface area contributed by atoms with Crippen LogP contribution in [0.3, 0.4) is 0 Å². The van der Waals surface area contributed by atoms with E-state index in [1.54, 1.807) is 48.7 Å². The minimum atomic E-state index is -1.49. The number of aromatic nitrogens is 5. The predicted molar refractivity (Wildman–Crippen MR) is 129 cm³/mol. The predicted octanol–water partition coefficient (Wildman–Crippen LogP) is 3.28. The van der Waals surface area contributed by atoms with Gasteiger partial charge in [0.1, 0.15) is 16.5 Å². The van der Waals surface area contributed by atoms with E-state index in [0.29, 0.717) is 36.0 Å². The van der Waals surface area contributed by atoms with Gasteiger partial charge in [0, 0.05) is 49.5 Å².